The predicted octanol–water partition coefficient (Wildman–Crippen LogP) is 4.20. The van der Waals surface area contributed by atoms with E-state index < -0.39 is 0 Å². The molecule has 0 unspecified atom stereocenters. The van der Waals surface area contributed by atoms with Crippen LogP contribution >= 0.6 is 0 Å². The molecule has 1 fully saturated rings. The maximum Gasteiger partial charge on any atom is 0.254 e. The first-order valence-electron chi connectivity index (χ1n) is 13.5. The van der Waals surface area contributed by atoms with E-state index in [4.69, 9.17) is 20.2 Å². The summed E-state index contributed by atoms with van der Waals surface area (Å²) in [5.74, 6) is 1.61. The molecule has 0 spiro atoms. The molecule has 0 aliphatic carbocycles. The van der Waals surface area contributed by atoms with Crippen LogP contribution in [0.2, 0.25) is 0 Å². The molecule has 40 heavy (non-hydrogen) atoms. The summed E-state index contributed by atoms with van der Waals surface area (Å²) < 4.78 is 30.4. The van der Waals surface area contributed by atoms with E-state index in [2.05, 4.69) is 15.6 Å². The lowest BCUT2D eigenvalue weighted by Gasteiger charge is -2.31. The van der Waals surface area contributed by atoms with Crippen LogP contribution in [-0.4, -0.2) is 62.8 Å². The van der Waals surface area contributed by atoms with Crippen LogP contribution in [0.15, 0.2) is 54.7 Å². The SMILES string of the molecule is COc1ccc2cc(-c3nc4cc(C(=O)N5CCC[C@@H](N)C5)cc5c4n3CCO5)n(Cc3ncccc3F)c2c1. The first kappa shape index (κ1) is 24.6. The second-order valence-corrected chi connectivity index (χ2v) is 10.4. The topological polar surface area (TPSA) is 100 Å². The highest BCUT2D eigenvalue weighted by Crippen LogP contribution is 2.38. The van der Waals surface area contributed by atoms with Gasteiger partial charge in [-0.1, -0.05) is 0 Å². The van der Waals surface area contributed by atoms with Crippen LogP contribution in [0.1, 0.15) is 28.9 Å². The standard InChI is InChI=1S/C30H29FN6O3/c1-39-21-7-6-18-13-26(37(25(18)15-21)17-24-22(31)5-2-8-33-24)29-34-23-12-19(14-27-28(23)36(29)10-11-40-27)30(38)35-9-3-4-20(32)16-35/h2,5-8,12-15,20H,3-4,9-11,16-17,32H2,1H3/t20-/m1/s1. The van der Waals surface area contributed by atoms with Gasteiger partial charge in [0, 0.05) is 42.3 Å². The minimum atomic E-state index is -0.371. The van der Waals surface area contributed by atoms with Gasteiger partial charge in [-0.05, 0) is 55.3 Å². The lowest BCUT2D eigenvalue weighted by molar-refractivity contribution is 0.0708. The molecule has 0 bridgehead atoms. The molecule has 2 aromatic carbocycles. The van der Waals surface area contributed by atoms with Crippen LogP contribution in [0.5, 0.6) is 11.5 Å². The Morgan fingerprint density at radius 3 is 2.92 bits per heavy atom. The van der Waals surface area contributed by atoms with E-state index in [-0.39, 0.29) is 24.3 Å². The maximum absolute atomic E-state index is 14.8. The van der Waals surface area contributed by atoms with Crippen molar-refractivity contribution in [2.75, 3.05) is 26.8 Å². The van der Waals surface area contributed by atoms with Crippen molar-refractivity contribution in [1.82, 2.24) is 24.0 Å². The number of ether oxygens (including phenoxy) is 2. The third-order valence-corrected chi connectivity index (χ3v) is 7.85. The van der Waals surface area contributed by atoms with Gasteiger partial charge in [-0.15, -0.1) is 0 Å². The summed E-state index contributed by atoms with van der Waals surface area (Å²) in [5, 5.41) is 0.969. The average molecular weight is 541 g/mol. The van der Waals surface area contributed by atoms with Gasteiger partial charge < -0.3 is 29.2 Å². The zero-order chi connectivity index (χ0) is 27.4. The number of hydrogen-bond donors (Lipinski definition) is 1. The lowest BCUT2D eigenvalue weighted by atomic mass is 10.0. The second kappa shape index (κ2) is 9.63. The van der Waals surface area contributed by atoms with Gasteiger partial charge in [0.25, 0.3) is 5.91 Å². The molecular weight excluding hydrogens is 511 g/mol. The number of hydrogen-bond acceptors (Lipinski definition) is 6. The third kappa shape index (κ3) is 4.06. The number of fused-ring (bicyclic) bond motifs is 1. The molecule has 5 aromatic rings. The first-order chi connectivity index (χ1) is 19.5. The summed E-state index contributed by atoms with van der Waals surface area (Å²) >= 11 is 0. The summed E-state index contributed by atoms with van der Waals surface area (Å²) in [5.41, 5.74) is 10.2. The molecule has 10 heteroatoms. The molecule has 1 amide bonds. The van der Waals surface area contributed by atoms with Crippen molar-refractivity contribution >= 4 is 27.8 Å². The molecule has 2 N–H and O–H groups in total. The number of halogens is 1. The van der Waals surface area contributed by atoms with Crippen molar-refractivity contribution in [2.45, 2.75) is 32.0 Å². The molecule has 9 nitrogen and oxygen atoms in total. The van der Waals surface area contributed by atoms with E-state index in [1.54, 1.807) is 19.4 Å². The van der Waals surface area contributed by atoms with E-state index in [0.717, 1.165) is 40.8 Å². The normalized spacial score (nSPS) is 16.9. The van der Waals surface area contributed by atoms with Gasteiger partial charge in [-0.25, -0.2) is 9.37 Å². The number of carbonyl (C=O) groups excluding carboxylic acids is 1. The molecular formula is C30H29FN6O3. The minimum absolute atomic E-state index is 0.00803. The Morgan fingerprint density at radius 1 is 1.20 bits per heavy atom. The van der Waals surface area contributed by atoms with Crippen molar-refractivity contribution in [2.24, 2.45) is 5.73 Å². The fourth-order valence-electron chi connectivity index (χ4n) is 5.90. The number of imidazole rings is 1. The Hall–Kier alpha value is -4.44. The highest BCUT2D eigenvalue weighted by atomic mass is 19.1. The molecule has 5 heterocycles. The van der Waals surface area contributed by atoms with Crippen molar-refractivity contribution in [3.05, 3.63) is 71.8 Å². The number of nitrogens with zero attached hydrogens (tertiary/aromatic N) is 5. The number of piperidine rings is 1. The fraction of sp³-hybridized carbons (Fsp3) is 0.300. The van der Waals surface area contributed by atoms with E-state index in [0.29, 0.717) is 54.5 Å². The van der Waals surface area contributed by atoms with E-state index in [1.165, 1.54) is 6.07 Å². The van der Waals surface area contributed by atoms with Gasteiger partial charge in [0.2, 0.25) is 0 Å². The molecule has 0 radical (unpaired) electrons. The van der Waals surface area contributed by atoms with E-state index in [1.807, 2.05) is 39.8 Å². The fourth-order valence-corrected chi connectivity index (χ4v) is 5.90. The summed E-state index contributed by atoms with van der Waals surface area (Å²) in [6.45, 7) is 2.48. The van der Waals surface area contributed by atoms with Gasteiger partial charge in [0.15, 0.2) is 5.82 Å². The van der Waals surface area contributed by atoms with E-state index in [9.17, 15) is 9.18 Å². The quantitative estimate of drug-likeness (QED) is 0.359. The Balaban J connectivity index is 1.39. The number of rotatable bonds is 5. The molecule has 3 aromatic heterocycles. The molecule has 0 saturated carbocycles. The number of amides is 1. The zero-order valence-electron chi connectivity index (χ0n) is 22.1. The maximum atomic E-state index is 14.8. The van der Waals surface area contributed by atoms with Crippen molar-refractivity contribution in [1.29, 1.82) is 0 Å². The summed E-state index contributed by atoms with van der Waals surface area (Å²) in [6, 6.07) is 14.5. The van der Waals surface area contributed by atoms with Gasteiger partial charge in [-0.2, -0.15) is 0 Å². The molecule has 204 valence electrons. The van der Waals surface area contributed by atoms with Crippen LogP contribution in [-0.2, 0) is 13.1 Å². The van der Waals surface area contributed by atoms with Crippen LogP contribution in [0.3, 0.4) is 0 Å². The van der Waals surface area contributed by atoms with E-state index >= 15 is 0 Å². The number of likely N-dealkylation sites (tertiary alicyclic amines) is 1. The number of pyridine rings is 1. The van der Waals surface area contributed by atoms with Crippen molar-refractivity contribution < 1.29 is 18.7 Å². The Bertz CT molecular complexity index is 1780. The monoisotopic (exact) mass is 540 g/mol. The number of aromatic nitrogens is 4. The van der Waals surface area contributed by atoms with Crippen LogP contribution < -0.4 is 15.2 Å². The smallest absolute Gasteiger partial charge is 0.254 e. The van der Waals surface area contributed by atoms with Crippen molar-refractivity contribution in [3.8, 4) is 23.0 Å². The molecule has 2 aliphatic heterocycles. The summed E-state index contributed by atoms with van der Waals surface area (Å²) in [7, 11) is 1.62. The number of carbonyl (C=O) groups is 1. The molecule has 1 saturated heterocycles. The summed E-state index contributed by atoms with van der Waals surface area (Å²) in [6.07, 6.45) is 3.41. The molecule has 2 aliphatic rings. The number of benzene rings is 2. The highest BCUT2D eigenvalue weighted by molar-refractivity contribution is 6.00. The number of methoxy groups -OCH3 is 1. The summed E-state index contributed by atoms with van der Waals surface area (Å²) in [4.78, 5) is 24.6. The van der Waals surface area contributed by atoms with Gasteiger partial charge in [0.1, 0.15) is 29.4 Å². The average Bonchev–Trinajstić information content (AvgIpc) is 3.52. The Morgan fingerprint density at radius 2 is 2.10 bits per heavy atom. The third-order valence-electron chi connectivity index (χ3n) is 7.85. The highest BCUT2D eigenvalue weighted by Gasteiger charge is 2.28. The van der Waals surface area contributed by atoms with Crippen LogP contribution in [0, 0.1) is 5.82 Å². The Kier molecular flexibility index (Phi) is 5.92. The molecule has 7 rings (SSSR count). The zero-order valence-corrected chi connectivity index (χ0v) is 22.1. The van der Waals surface area contributed by atoms with Crippen LogP contribution in [0.4, 0.5) is 4.39 Å². The van der Waals surface area contributed by atoms with Crippen LogP contribution in [0.25, 0.3) is 33.5 Å². The van der Waals surface area contributed by atoms with Crippen molar-refractivity contribution in [3.63, 3.8) is 0 Å². The lowest BCUT2D eigenvalue weighted by Crippen LogP contribution is -2.45. The van der Waals surface area contributed by atoms with Gasteiger partial charge >= 0.3 is 0 Å². The first-order valence-corrected chi connectivity index (χ1v) is 13.5. The van der Waals surface area contributed by atoms with Gasteiger partial charge in [-0.3, -0.25) is 9.78 Å². The number of nitrogens with two attached hydrogens (primary N) is 1. The Labute approximate surface area is 229 Å². The van der Waals surface area contributed by atoms with Gasteiger partial charge in [0.05, 0.1) is 42.6 Å². The molecule has 1 atom stereocenters. The second-order valence-electron chi connectivity index (χ2n) is 10.4. The largest absolute Gasteiger partial charge is 0.497 e. The minimum Gasteiger partial charge on any atom is -0.497 e. The predicted molar refractivity (Wildman–Crippen MR) is 149 cm³/mol.